The Bertz CT molecular complexity index is 1500. The quantitative estimate of drug-likeness (QED) is 0.373. The lowest BCUT2D eigenvalue weighted by Crippen LogP contribution is -2.40. The Morgan fingerprint density at radius 1 is 1.22 bits per heavy atom. The van der Waals surface area contributed by atoms with Gasteiger partial charge in [0.1, 0.15) is 25.4 Å². The van der Waals surface area contributed by atoms with Gasteiger partial charge in [0, 0.05) is 17.3 Å². The molecule has 2 fully saturated rings. The van der Waals surface area contributed by atoms with E-state index >= 15 is 0 Å². The van der Waals surface area contributed by atoms with E-state index in [1.165, 1.54) is 18.3 Å². The first-order valence-electron chi connectivity index (χ1n) is 11.8. The first-order valence-corrected chi connectivity index (χ1v) is 12.2. The molecule has 0 bridgehead atoms. The first kappa shape index (κ1) is 22.8. The zero-order valence-corrected chi connectivity index (χ0v) is 20.3. The molecule has 1 saturated heterocycles. The topological polar surface area (TPSA) is 101 Å². The van der Waals surface area contributed by atoms with Crippen LogP contribution in [0.1, 0.15) is 35.7 Å². The van der Waals surface area contributed by atoms with Crippen LogP contribution in [0.2, 0.25) is 5.02 Å². The molecule has 0 spiro atoms. The molecule has 1 atom stereocenters. The van der Waals surface area contributed by atoms with Crippen molar-refractivity contribution in [3.8, 4) is 6.07 Å². The highest BCUT2D eigenvalue weighted by Crippen LogP contribution is 2.38. The van der Waals surface area contributed by atoms with Crippen molar-refractivity contribution in [2.75, 3.05) is 23.8 Å². The van der Waals surface area contributed by atoms with Crippen LogP contribution in [0.3, 0.4) is 0 Å². The maximum absolute atomic E-state index is 13.8. The molecule has 1 aliphatic heterocycles. The zero-order chi connectivity index (χ0) is 24.9. The van der Waals surface area contributed by atoms with Gasteiger partial charge in [0.2, 0.25) is 0 Å². The smallest absolute Gasteiger partial charge is 0.148 e. The summed E-state index contributed by atoms with van der Waals surface area (Å²) in [5.74, 6) is -0.317. The lowest BCUT2D eigenvalue weighted by Gasteiger charge is -2.32. The van der Waals surface area contributed by atoms with Crippen molar-refractivity contribution in [1.29, 1.82) is 5.26 Å². The lowest BCUT2D eigenvalue weighted by atomic mass is 9.69. The van der Waals surface area contributed by atoms with Crippen molar-refractivity contribution in [1.82, 2.24) is 20.0 Å². The van der Waals surface area contributed by atoms with E-state index < -0.39 is 5.44 Å². The normalized spacial score (nSPS) is 17.2. The second-order valence-electron chi connectivity index (χ2n) is 9.46. The van der Waals surface area contributed by atoms with Crippen molar-refractivity contribution in [3.63, 3.8) is 0 Å². The van der Waals surface area contributed by atoms with Gasteiger partial charge in [0.05, 0.1) is 58.7 Å². The summed E-state index contributed by atoms with van der Waals surface area (Å²) in [5, 5.41) is 26.7. The molecule has 1 aliphatic carbocycles. The molecule has 3 heterocycles. The molecule has 2 aliphatic rings. The number of rotatable bonds is 7. The number of hydrogen-bond acceptors (Lipinski definition) is 7. The van der Waals surface area contributed by atoms with Crippen molar-refractivity contribution in [3.05, 3.63) is 76.5 Å². The molecule has 180 valence electrons. The van der Waals surface area contributed by atoms with Crippen LogP contribution < -0.4 is 10.6 Å². The van der Waals surface area contributed by atoms with E-state index in [4.69, 9.17) is 16.3 Å². The number of halogens is 2. The standard InChI is InChI=1S/C25H22BClFN7O/c26-25(15-1-3-16(28)4-2-15,22-11-35(34-33-22)19-5-6-19)32-17-7-20-23(31-18-12-36-13-18)14(9-29)10-30-24(20)21(27)8-17/h1-4,7-8,10-11,18-19,32H,5-6,12-13,26H2,(H,30,31). The molecular weight excluding hydrogens is 480 g/mol. The molecule has 4 aromatic rings. The van der Waals surface area contributed by atoms with Crippen molar-refractivity contribution in [2.45, 2.75) is 30.4 Å². The molecule has 1 saturated carbocycles. The van der Waals surface area contributed by atoms with Crippen LogP contribution in [0, 0.1) is 17.1 Å². The van der Waals surface area contributed by atoms with Gasteiger partial charge in [-0.05, 0) is 42.7 Å². The number of nitrogens with zero attached hydrogens (tertiary/aromatic N) is 5. The van der Waals surface area contributed by atoms with E-state index in [1.807, 2.05) is 24.8 Å². The number of ether oxygens (including phenoxy) is 1. The largest absolute Gasteiger partial charge is 0.378 e. The summed E-state index contributed by atoms with van der Waals surface area (Å²) in [6, 6.07) is 12.8. The zero-order valence-electron chi connectivity index (χ0n) is 19.5. The summed E-state index contributed by atoms with van der Waals surface area (Å²) in [5.41, 5.74) is 3.06. The molecule has 2 aromatic heterocycles. The van der Waals surface area contributed by atoms with Gasteiger partial charge in [-0.1, -0.05) is 28.9 Å². The van der Waals surface area contributed by atoms with Gasteiger partial charge >= 0.3 is 0 Å². The van der Waals surface area contributed by atoms with E-state index in [-0.39, 0.29) is 11.9 Å². The van der Waals surface area contributed by atoms with Crippen LogP contribution in [0.15, 0.2) is 48.8 Å². The molecule has 1 unspecified atom stereocenters. The van der Waals surface area contributed by atoms with Crippen molar-refractivity contribution < 1.29 is 9.13 Å². The van der Waals surface area contributed by atoms with Gasteiger partial charge in [0.25, 0.3) is 0 Å². The summed E-state index contributed by atoms with van der Waals surface area (Å²) in [6.45, 7) is 1.14. The van der Waals surface area contributed by atoms with Gasteiger partial charge in [-0.2, -0.15) is 5.26 Å². The van der Waals surface area contributed by atoms with Gasteiger partial charge in [-0.25, -0.2) is 9.07 Å². The fourth-order valence-corrected chi connectivity index (χ4v) is 4.74. The summed E-state index contributed by atoms with van der Waals surface area (Å²) >= 11 is 6.69. The number of pyridine rings is 1. The molecule has 0 radical (unpaired) electrons. The monoisotopic (exact) mass is 501 g/mol. The SMILES string of the molecule is BC(Nc1cc(Cl)c2ncc(C#N)c(NC3COC3)c2c1)(c1ccc(F)cc1)c1cn(C2CC2)nn1. The third-order valence-corrected chi connectivity index (χ3v) is 7.08. The fourth-order valence-electron chi connectivity index (χ4n) is 4.47. The van der Waals surface area contributed by atoms with E-state index in [2.05, 4.69) is 32.0 Å². The second kappa shape index (κ2) is 8.77. The molecule has 8 nitrogen and oxygen atoms in total. The molecular formula is C25H22BClFN7O. The highest BCUT2D eigenvalue weighted by Gasteiger charge is 2.34. The van der Waals surface area contributed by atoms with Crippen LogP contribution in [0.25, 0.3) is 10.9 Å². The average Bonchev–Trinajstić information content (AvgIpc) is 3.57. The molecule has 36 heavy (non-hydrogen) atoms. The highest BCUT2D eigenvalue weighted by molar-refractivity contribution is 6.36. The Morgan fingerprint density at radius 2 is 2.00 bits per heavy atom. The number of hydrogen-bond donors (Lipinski definition) is 2. The molecule has 0 amide bonds. The van der Waals surface area contributed by atoms with Crippen molar-refractivity contribution >= 4 is 41.7 Å². The number of benzene rings is 2. The van der Waals surface area contributed by atoms with Gasteiger partial charge < -0.3 is 15.4 Å². The van der Waals surface area contributed by atoms with E-state index in [1.54, 1.807) is 18.2 Å². The number of aromatic nitrogens is 4. The summed E-state index contributed by atoms with van der Waals surface area (Å²) < 4.78 is 21.0. The predicted octanol–water partition coefficient (Wildman–Crippen LogP) is 3.58. The predicted molar refractivity (Wildman–Crippen MR) is 137 cm³/mol. The van der Waals surface area contributed by atoms with E-state index in [0.717, 1.165) is 23.8 Å². The third-order valence-electron chi connectivity index (χ3n) is 6.79. The average molecular weight is 502 g/mol. The Kier molecular flexibility index (Phi) is 5.54. The minimum Gasteiger partial charge on any atom is -0.378 e. The van der Waals surface area contributed by atoms with Crippen LogP contribution in [0.5, 0.6) is 0 Å². The molecule has 11 heteroatoms. The van der Waals surface area contributed by atoms with E-state index in [0.29, 0.717) is 52.4 Å². The Hall–Kier alpha value is -3.68. The molecule has 2 N–H and O–H groups in total. The number of nitriles is 1. The Morgan fingerprint density at radius 3 is 2.67 bits per heavy atom. The number of anilines is 2. The highest BCUT2D eigenvalue weighted by atomic mass is 35.5. The molecule has 6 rings (SSSR count). The van der Waals surface area contributed by atoms with Crippen molar-refractivity contribution in [2.24, 2.45) is 0 Å². The number of nitrogens with one attached hydrogen (secondary N) is 2. The third kappa shape index (κ3) is 4.04. The van der Waals surface area contributed by atoms with Gasteiger partial charge in [-0.15, -0.1) is 5.10 Å². The summed E-state index contributed by atoms with van der Waals surface area (Å²) in [7, 11) is 1.98. The first-order chi connectivity index (χ1) is 17.4. The summed E-state index contributed by atoms with van der Waals surface area (Å²) in [6.07, 6.45) is 5.64. The van der Waals surface area contributed by atoms with Crippen LogP contribution in [0.4, 0.5) is 15.8 Å². The van der Waals surface area contributed by atoms with Gasteiger partial charge in [0.15, 0.2) is 0 Å². The van der Waals surface area contributed by atoms with Gasteiger partial charge in [-0.3, -0.25) is 4.98 Å². The molecule has 2 aromatic carbocycles. The minimum atomic E-state index is -0.840. The Labute approximate surface area is 212 Å². The van der Waals surface area contributed by atoms with Crippen LogP contribution in [-0.2, 0) is 10.2 Å². The number of fused-ring (bicyclic) bond motifs is 1. The minimum absolute atomic E-state index is 0.111. The maximum Gasteiger partial charge on any atom is 0.148 e. The Balaban J connectivity index is 1.46. The second-order valence-corrected chi connectivity index (χ2v) is 9.87. The summed E-state index contributed by atoms with van der Waals surface area (Å²) in [4.78, 5) is 4.44. The van der Waals surface area contributed by atoms with Crippen LogP contribution in [-0.4, -0.2) is 47.1 Å². The lowest BCUT2D eigenvalue weighted by molar-refractivity contribution is 0.0211. The maximum atomic E-state index is 13.8. The van der Waals surface area contributed by atoms with Crippen LogP contribution >= 0.6 is 11.6 Å². The van der Waals surface area contributed by atoms with E-state index in [9.17, 15) is 9.65 Å². The fraction of sp³-hybridized carbons (Fsp3) is 0.280.